The number of hydrogen-bond acceptors (Lipinski definition) is 2. The van der Waals surface area contributed by atoms with E-state index in [9.17, 15) is 9.18 Å². The van der Waals surface area contributed by atoms with E-state index < -0.39 is 0 Å². The van der Waals surface area contributed by atoms with Gasteiger partial charge in [-0.2, -0.15) is 5.10 Å². The summed E-state index contributed by atoms with van der Waals surface area (Å²) in [7, 11) is 0. The van der Waals surface area contributed by atoms with Gasteiger partial charge in [0.15, 0.2) is 0 Å². The summed E-state index contributed by atoms with van der Waals surface area (Å²) in [4.78, 5) is 11.9. The van der Waals surface area contributed by atoms with Gasteiger partial charge in [-0.25, -0.2) is 9.18 Å². The fraction of sp³-hybridized carbons (Fsp3) is 0.111. The first kappa shape index (κ1) is 15.7. The molecule has 2 amide bonds. The maximum atomic E-state index is 13.5. The number of anilines is 1. The summed E-state index contributed by atoms with van der Waals surface area (Å²) in [6.07, 6.45) is 3.62. The van der Waals surface area contributed by atoms with Gasteiger partial charge < -0.3 is 10.6 Å². The average molecular weight is 324 g/mol. The van der Waals surface area contributed by atoms with E-state index in [0.29, 0.717) is 17.8 Å². The van der Waals surface area contributed by atoms with E-state index in [2.05, 4.69) is 15.7 Å². The Morgan fingerprint density at radius 3 is 2.58 bits per heavy atom. The zero-order valence-electron chi connectivity index (χ0n) is 12.9. The van der Waals surface area contributed by atoms with Crippen molar-refractivity contribution in [2.75, 3.05) is 5.32 Å². The molecule has 1 aromatic heterocycles. The molecule has 0 spiro atoms. The van der Waals surface area contributed by atoms with Crippen molar-refractivity contribution >= 4 is 11.7 Å². The number of hydrogen-bond donors (Lipinski definition) is 2. The van der Waals surface area contributed by atoms with Gasteiger partial charge >= 0.3 is 6.03 Å². The number of rotatable bonds is 5. The predicted octanol–water partition coefficient (Wildman–Crippen LogP) is 3.39. The average Bonchev–Trinajstić information content (AvgIpc) is 3.09. The molecule has 0 unspecified atom stereocenters. The van der Waals surface area contributed by atoms with Crippen LogP contribution in [0.15, 0.2) is 67.0 Å². The lowest BCUT2D eigenvalue weighted by atomic mass is 10.2. The third kappa shape index (κ3) is 4.19. The predicted molar refractivity (Wildman–Crippen MR) is 90.0 cm³/mol. The Labute approximate surface area is 139 Å². The second-order valence-corrected chi connectivity index (χ2v) is 5.30. The van der Waals surface area contributed by atoms with Crippen LogP contribution in [0.4, 0.5) is 14.9 Å². The number of nitrogens with one attached hydrogen (secondary N) is 2. The molecule has 24 heavy (non-hydrogen) atoms. The highest BCUT2D eigenvalue weighted by atomic mass is 19.1. The summed E-state index contributed by atoms with van der Waals surface area (Å²) in [5.74, 6) is -0.333. The molecule has 0 radical (unpaired) electrons. The van der Waals surface area contributed by atoms with E-state index in [1.54, 1.807) is 24.4 Å². The van der Waals surface area contributed by atoms with Gasteiger partial charge in [-0.1, -0.05) is 30.3 Å². The zero-order chi connectivity index (χ0) is 16.8. The van der Waals surface area contributed by atoms with Gasteiger partial charge in [-0.05, 0) is 29.8 Å². The maximum absolute atomic E-state index is 13.5. The largest absolute Gasteiger partial charge is 0.334 e. The molecular formula is C18H17FN4O. The third-order valence-electron chi connectivity index (χ3n) is 3.51. The van der Waals surface area contributed by atoms with Gasteiger partial charge in [0.2, 0.25) is 0 Å². The lowest BCUT2D eigenvalue weighted by Crippen LogP contribution is -2.28. The fourth-order valence-corrected chi connectivity index (χ4v) is 2.27. The van der Waals surface area contributed by atoms with Crippen LogP contribution < -0.4 is 10.6 Å². The number of amides is 2. The number of urea groups is 1. The Morgan fingerprint density at radius 1 is 1.08 bits per heavy atom. The maximum Gasteiger partial charge on any atom is 0.319 e. The molecule has 2 aromatic carbocycles. The molecular weight excluding hydrogens is 307 g/mol. The highest BCUT2D eigenvalue weighted by molar-refractivity contribution is 5.89. The van der Waals surface area contributed by atoms with Gasteiger partial charge in [0.05, 0.1) is 6.54 Å². The molecule has 6 heteroatoms. The Hall–Kier alpha value is -3.15. The van der Waals surface area contributed by atoms with Crippen LogP contribution in [0.1, 0.15) is 11.1 Å². The molecule has 0 saturated heterocycles. The van der Waals surface area contributed by atoms with E-state index in [1.807, 2.05) is 41.2 Å². The molecule has 3 aromatic rings. The van der Waals surface area contributed by atoms with Crippen LogP contribution in [0.3, 0.4) is 0 Å². The molecule has 5 nitrogen and oxygen atoms in total. The molecule has 0 bridgehead atoms. The fourth-order valence-electron chi connectivity index (χ4n) is 2.27. The van der Waals surface area contributed by atoms with Crippen LogP contribution in [0.25, 0.3) is 0 Å². The van der Waals surface area contributed by atoms with Crippen molar-refractivity contribution in [1.82, 2.24) is 15.1 Å². The quantitative estimate of drug-likeness (QED) is 0.756. The second-order valence-electron chi connectivity index (χ2n) is 5.30. The van der Waals surface area contributed by atoms with Crippen molar-refractivity contribution in [3.05, 3.63) is 83.9 Å². The Morgan fingerprint density at radius 2 is 1.88 bits per heavy atom. The Bertz CT molecular complexity index is 800. The first-order valence-electron chi connectivity index (χ1n) is 7.55. The summed E-state index contributed by atoms with van der Waals surface area (Å²) in [6.45, 7) is 0.808. The normalized spacial score (nSPS) is 10.4. The number of aromatic nitrogens is 2. The van der Waals surface area contributed by atoms with E-state index in [1.165, 1.54) is 6.07 Å². The summed E-state index contributed by atoms with van der Waals surface area (Å²) in [5, 5.41) is 9.51. The Balaban J connectivity index is 1.52. The first-order valence-corrected chi connectivity index (χ1v) is 7.55. The highest BCUT2D eigenvalue weighted by Gasteiger charge is 2.05. The molecule has 0 aliphatic heterocycles. The van der Waals surface area contributed by atoms with Crippen molar-refractivity contribution in [2.24, 2.45) is 0 Å². The van der Waals surface area contributed by atoms with Crippen molar-refractivity contribution < 1.29 is 9.18 Å². The third-order valence-corrected chi connectivity index (χ3v) is 3.51. The number of carbonyl (C=O) groups excluding carboxylic acids is 1. The topological polar surface area (TPSA) is 59.0 Å². The van der Waals surface area contributed by atoms with Gasteiger partial charge in [0, 0.05) is 30.2 Å². The van der Waals surface area contributed by atoms with Crippen LogP contribution in [0, 0.1) is 5.82 Å². The molecule has 0 aliphatic rings. The van der Waals surface area contributed by atoms with Crippen molar-refractivity contribution in [2.45, 2.75) is 13.1 Å². The smallest absolute Gasteiger partial charge is 0.319 e. The summed E-state index contributed by atoms with van der Waals surface area (Å²) in [5.41, 5.74) is 2.20. The van der Waals surface area contributed by atoms with Crippen molar-refractivity contribution in [1.29, 1.82) is 0 Å². The van der Waals surface area contributed by atoms with Crippen molar-refractivity contribution in [3.63, 3.8) is 0 Å². The number of carbonyl (C=O) groups is 1. The molecule has 0 atom stereocenters. The number of nitrogens with zero attached hydrogens (tertiary/aromatic N) is 2. The Kier molecular flexibility index (Phi) is 4.86. The van der Waals surface area contributed by atoms with E-state index >= 15 is 0 Å². The van der Waals surface area contributed by atoms with E-state index in [4.69, 9.17) is 0 Å². The number of halogens is 1. The lowest BCUT2D eigenvalue weighted by molar-refractivity contribution is 0.251. The minimum Gasteiger partial charge on any atom is -0.334 e. The summed E-state index contributed by atoms with van der Waals surface area (Å²) >= 11 is 0. The van der Waals surface area contributed by atoms with E-state index in [-0.39, 0.29) is 18.4 Å². The minimum atomic E-state index is -0.377. The van der Waals surface area contributed by atoms with Crippen LogP contribution in [-0.2, 0) is 13.1 Å². The van der Waals surface area contributed by atoms with Gasteiger partial charge in [-0.3, -0.25) is 4.68 Å². The highest BCUT2D eigenvalue weighted by Crippen LogP contribution is 2.11. The standard InChI is InChI=1S/C18H17FN4O/c19-17-5-2-1-4-15(17)12-20-18(24)22-16-8-6-14(7-9-16)13-23-11-3-10-21-23/h1-11H,12-13H2,(H2,20,22,24). The van der Waals surface area contributed by atoms with E-state index in [0.717, 1.165) is 5.56 Å². The SMILES string of the molecule is O=C(NCc1ccccc1F)Nc1ccc(Cn2cccn2)cc1. The van der Waals surface area contributed by atoms with Crippen molar-refractivity contribution in [3.8, 4) is 0 Å². The van der Waals surface area contributed by atoms with Gasteiger partial charge in [-0.15, -0.1) is 0 Å². The molecule has 0 saturated carbocycles. The first-order chi connectivity index (χ1) is 11.7. The van der Waals surface area contributed by atoms with Gasteiger partial charge in [0.1, 0.15) is 5.82 Å². The lowest BCUT2D eigenvalue weighted by Gasteiger charge is -2.09. The molecule has 122 valence electrons. The minimum absolute atomic E-state index is 0.135. The summed E-state index contributed by atoms with van der Waals surface area (Å²) in [6, 6.07) is 15.3. The zero-order valence-corrected chi connectivity index (χ0v) is 12.9. The van der Waals surface area contributed by atoms with Crippen LogP contribution in [0.2, 0.25) is 0 Å². The van der Waals surface area contributed by atoms with Crippen LogP contribution in [-0.4, -0.2) is 15.8 Å². The molecule has 1 heterocycles. The number of benzene rings is 2. The van der Waals surface area contributed by atoms with Gasteiger partial charge in [0.25, 0.3) is 0 Å². The molecule has 0 aliphatic carbocycles. The summed E-state index contributed by atoms with van der Waals surface area (Å²) < 4.78 is 15.3. The van der Waals surface area contributed by atoms with Crippen LogP contribution in [0.5, 0.6) is 0 Å². The second kappa shape index (κ2) is 7.41. The molecule has 2 N–H and O–H groups in total. The monoisotopic (exact) mass is 324 g/mol. The molecule has 0 fully saturated rings. The molecule has 3 rings (SSSR count). The van der Waals surface area contributed by atoms with Crippen LogP contribution >= 0.6 is 0 Å².